The Bertz CT molecular complexity index is 551. The molecule has 0 radical (unpaired) electrons. The first kappa shape index (κ1) is 18.9. The van der Waals surface area contributed by atoms with Gasteiger partial charge in [-0.15, -0.1) is 0 Å². The number of ether oxygens (including phenoxy) is 2. The molecule has 2 aliphatic carbocycles. The van der Waals surface area contributed by atoms with Crippen molar-refractivity contribution in [3.8, 4) is 0 Å². The molecule has 0 atom stereocenters. The Balaban J connectivity index is 1.44. The van der Waals surface area contributed by atoms with Crippen LogP contribution < -0.4 is 0 Å². The third-order valence-corrected chi connectivity index (χ3v) is 7.21. The van der Waals surface area contributed by atoms with Crippen LogP contribution in [0.15, 0.2) is 0 Å². The lowest BCUT2D eigenvalue weighted by Gasteiger charge is -2.51. The molecule has 0 spiro atoms. The van der Waals surface area contributed by atoms with Crippen LogP contribution in [0.25, 0.3) is 0 Å². The van der Waals surface area contributed by atoms with Crippen LogP contribution in [0.5, 0.6) is 0 Å². The smallest absolute Gasteiger partial charge is 0.309 e. The normalized spacial score (nSPS) is 30.6. The van der Waals surface area contributed by atoms with E-state index in [1.807, 2.05) is 0 Å². The van der Waals surface area contributed by atoms with E-state index in [4.69, 9.17) is 9.47 Å². The van der Waals surface area contributed by atoms with Crippen molar-refractivity contribution in [3.63, 3.8) is 0 Å². The van der Waals surface area contributed by atoms with Crippen LogP contribution in [0.2, 0.25) is 0 Å². The summed E-state index contributed by atoms with van der Waals surface area (Å²) in [6, 6.07) is 0. The van der Waals surface area contributed by atoms with Gasteiger partial charge in [-0.1, -0.05) is 25.7 Å². The monoisotopic (exact) mass is 377 g/mol. The van der Waals surface area contributed by atoms with Gasteiger partial charge in [-0.3, -0.25) is 19.3 Å². The molecule has 0 amide bonds. The van der Waals surface area contributed by atoms with Crippen LogP contribution in [0.3, 0.4) is 0 Å². The zero-order valence-electron chi connectivity index (χ0n) is 16.1. The summed E-state index contributed by atoms with van der Waals surface area (Å²) in [6.07, 6.45) is 9.49. The van der Waals surface area contributed by atoms with Gasteiger partial charge in [0.05, 0.1) is 11.8 Å². The highest BCUT2D eigenvalue weighted by Crippen LogP contribution is 2.38. The number of fused-ring (bicyclic) bond motifs is 3. The Labute approximate surface area is 160 Å². The SMILES string of the molecule is O=C(OCC1(COC(=O)C2CCCC2)C(=O)C2CCN1CC2)C1CCCC1. The summed E-state index contributed by atoms with van der Waals surface area (Å²) >= 11 is 0. The maximum atomic E-state index is 13.2. The molecular weight excluding hydrogens is 346 g/mol. The molecule has 0 aromatic carbocycles. The summed E-state index contributed by atoms with van der Waals surface area (Å²) < 4.78 is 11.3. The van der Waals surface area contributed by atoms with Crippen molar-refractivity contribution >= 4 is 17.7 Å². The van der Waals surface area contributed by atoms with E-state index in [-0.39, 0.29) is 48.7 Å². The number of ketones is 1. The van der Waals surface area contributed by atoms with Crippen LogP contribution in [0.4, 0.5) is 0 Å². The van der Waals surface area contributed by atoms with Gasteiger partial charge in [-0.25, -0.2) is 0 Å². The van der Waals surface area contributed by atoms with Crippen LogP contribution >= 0.6 is 0 Å². The highest BCUT2D eigenvalue weighted by Gasteiger charge is 2.55. The molecule has 0 aromatic rings. The molecule has 2 bridgehead atoms. The molecule has 6 heteroatoms. The molecule has 150 valence electrons. The summed E-state index contributed by atoms with van der Waals surface area (Å²) in [5.41, 5.74) is -0.969. The van der Waals surface area contributed by atoms with Crippen molar-refractivity contribution in [2.24, 2.45) is 17.8 Å². The van der Waals surface area contributed by atoms with Crippen molar-refractivity contribution in [2.45, 2.75) is 69.7 Å². The van der Waals surface area contributed by atoms with Crippen molar-refractivity contribution in [2.75, 3.05) is 26.3 Å². The number of piperidine rings is 3. The molecule has 0 N–H and O–H groups in total. The van der Waals surface area contributed by atoms with Crippen LogP contribution in [0.1, 0.15) is 64.2 Å². The lowest BCUT2D eigenvalue weighted by molar-refractivity contribution is -0.175. The Kier molecular flexibility index (Phi) is 5.53. The van der Waals surface area contributed by atoms with E-state index in [1.165, 1.54) is 0 Å². The van der Waals surface area contributed by atoms with Crippen molar-refractivity contribution in [1.29, 1.82) is 0 Å². The van der Waals surface area contributed by atoms with Crippen LogP contribution in [-0.2, 0) is 23.9 Å². The molecular formula is C21H31NO5. The van der Waals surface area contributed by atoms with Crippen LogP contribution in [-0.4, -0.2) is 54.5 Å². The fraction of sp³-hybridized carbons (Fsp3) is 0.857. The topological polar surface area (TPSA) is 72.9 Å². The zero-order chi connectivity index (χ0) is 18.9. The van der Waals surface area contributed by atoms with Gasteiger partial charge in [0.2, 0.25) is 0 Å². The number of rotatable bonds is 6. The molecule has 0 aromatic heterocycles. The first-order chi connectivity index (χ1) is 13.1. The predicted octanol–water partition coefficient (Wildman–Crippen LogP) is 2.49. The maximum absolute atomic E-state index is 13.2. The van der Waals surface area contributed by atoms with Gasteiger partial charge in [-0.05, 0) is 38.5 Å². The molecule has 5 aliphatic rings. The van der Waals surface area contributed by atoms with Gasteiger partial charge in [-0.2, -0.15) is 0 Å². The Morgan fingerprint density at radius 1 is 0.815 bits per heavy atom. The summed E-state index contributed by atoms with van der Waals surface area (Å²) in [5, 5.41) is 0. The Morgan fingerprint density at radius 2 is 1.26 bits per heavy atom. The van der Waals surface area contributed by atoms with E-state index < -0.39 is 5.54 Å². The number of hydrogen-bond donors (Lipinski definition) is 0. The standard InChI is InChI=1S/C21H31NO5/c23-18-15-9-11-22(12-10-15)21(18,13-26-19(24)16-5-1-2-6-16)14-27-20(25)17-7-3-4-8-17/h15-17H,1-14H2. The summed E-state index contributed by atoms with van der Waals surface area (Å²) in [4.78, 5) is 40.1. The zero-order valence-corrected chi connectivity index (χ0v) is 16.1. The van der Waals surface area contributed by atoms with E-state index in [1.54, 1.807) is 0 Å². The number of carbonyl (C=O) groups excluding carboxylic acids is 3. The molecule has 27 heavy (non-hydrogen) atoms. The first-order valence-corrected chi connectivity index (χ1v) is 10.7. The minimum Gasteiger partial charge on any atom is -0.463 e. The fourth-order valence-corrected chi connectivity index (χ4v) is 5.41. The molecule has 3 heterocycles. The average Bonchev–Trinajstić information content (AvgIpc) is 3.41. The molecule has 6 nitrogen and oxygen atoms in total. The number of carbonyl (C=O) groups is 3. The lowest BCUT2D eigenvalue weighted by Crippen LogP contribution is -2.69. The number of Topliss-reactive ketones (excluding diaryl/α,β-unsaturated/α-hetero) is 1. The van der Waals surface area contributed by atoms with Crippen molar-refractivity contribution < 1.29 is 23.9 Å². The first-order valence-electron chi connectivity index (χ1n) is 10.7. The van der Waals surface area contributed by atoms with Crippen molar-refractivity contribution in [3.05, 3.63) is 0 Å². The average molecular weight is 377 g/mol. The second-order valence-corrected chi connectivity index (χ2v) is 8.84. The summed E-state index contributed by atoms with van der Waals surface area (Å²) in [7, 11) is 0. The quantitative estimate of drug-likeness (QED) is 0.662. The van der Waals surface area contributed by atoms with E-state index >= 15 is 0 Å². The molecule has 2 saturated carbocycles. The van der Waals surface area contributed by atoms with Gasteiger partial charge in [0.1, 0.15) is 18.8 Å². The van der Waals surface area contributed by atoms with E-state index in [0.29, 0.717) is 0 Å². The number of nitrogens with zero attached hydrogens (tertiary/aromatic N) is 1. The third kappa shape index (κ3) is 3.65. The highest BCUT2D eigenvalue weighted by molar-refractivity contribution is 5.93. The predicted molar refractivity (Wildman–Crippen MR) is 97.9 cm³/mol. The third-order valence-electron chi connectivity index (χ3n) is 7.21. The van der Waals surface area contributed by atoms with E-state index in [0.717, 1.165) is 77.3 Å². The summed E-state index contributed by atoms with van der Waals surface area (Å²) in [6.45, 7) is 1.65. The molecule has 3 saturated heterocycles. The molecule has 3 aliphatic heterocycles. The van der Waals surface area contributed by atoms with Gasteiger partial charge in [0, 0.05) is 19.0 Å². The van der Waals surface area contributed by atoms with E-state index in [2.05, 4.69) is 4.90 Å². The Hall–Kier alpha value is -1.43. The second-order valence-electron chi connectivity index (χ2n) is 8.84. The Morgan fingerprint density at radius 3 is 1.67 bits per heavy atom. The molecule has 5 rings (SSSR count). The second kappa shape index (κ2) is 7.90. The highest BCUT2D eigenvalue weighted by atomic mass is 16.6. The minimum absolute atomic E-state index is 0.00497. The molecule has 5 fully saturated rings. The van der Waals surface area contributed by atoms with Gasteiger partial charge >= 0.3 is 11.9 Å². The largest absolute Gasteiger partial charge is 0.463 e. The van der Waals surface area contributed by atoms with Crippen LogP contribution in [0, 0.1) is 17.8 Å². The minimum atomic E-state index is -0.969. The number of esters is 2. The molecule has 0 unspecified atom stereocenters. The van der Waals surface area contributed by atoms with Gasteiger partial charge < -0.3 is 9.47 Å². The van der Waals surface area contributed by atoms with Gasteiger partial charge in [0.15, 0.2) is 5.78 Å². The van der Waals surface area contributed by atoms with E-state index in [9.17, 15) is 14.4 Å². The van der Waals surface area contributed by atoms with Crippen molar-refractivity contribution in [1.82, 2.24) is 4.90 Å². The number of hydrogen-bond acceptors (Lipinski definition) is 6. The fourth-order valence-electron chi connectivity index (χ4n) is 5.41. The lowest BCUT2D eigenvalue weighted by atomic mass is 9.74. The maximum Gasteiger partial charge on any atom is 0.309 e. The summed E-state index contributed by atoms with van der Waals surface area (Å²) in [5.74, 6) is -0.347. The van der Waals surface area contributed by atoms with Gasteiger partial charge in [0.25, 0.3) is 0 Å².